The Morgan fingerprint density at radius 1 is 1.14 bits per heavy atom. The first kappa shape index (κ1) is 21.3. The molecule has 3 nitrogen and oxygen atoms in total. The van der Waals surface area contributed by atoms with E-state index in [1.54, 1.807) is 0 Å². The van der Waals surface area contributed by atoms with E-state index in [1.807, 2.05) is 43.4 Å². The van der Waals surface area contributed by atoms with Crippen LogP contribution < -0.4 is 5.32 Å². The fourth-order valence-electron chi connectivity index (χ4n) is 2.82. The third-order valence-electron chi connectivity index (χ3n) is 4.30. The summed E-state index contributed by atoms with van der Waals surface area (Å²) in [6.45, 7) is 6.17. The summed E-state index contributed by atoms with van der Waals surface area (Å²) in [5.41, 5.74) is 3.87. The topological polar surface area (TPSA) is 32.3 Å². The van der Waals surface area contributed by atoms with Gasteiger partial charge in [-0.3, -0.25) is 4.79 Å². The van der Waals surface area contributed by atoms with Crippen LogP contribution in [0.15, 0.2) is 59.8 Å². The van der Waals surface area contributed by atoms with E-state index in [9.17, 15) is 4.79 Å². The fourth-order valence-corrected chi connectivity index (χ4v) is 2.82. The maximum Gasteiger partial charge on any atom is 0.300 e. The first-order valence-electron chi connectivity index (χ1n) is 9.71. The van der Waals surface area contributed by atoms with Crippen molar-refractivity contribution in [2.75, 3.05) is 20.1 Å². The number of benzene rings is 1. The van der Waals surface area contributed by atoms with Gasteiger partial charge in [0.25, 0.3) is 0 Å². The summed E-state index contributed by atoms with van der Waals surface area (Å²) in [5, 5.41) is 2.81. The third-order valence-corrected chi connectivity index (χ3v) is 4.30. The van der Waals surface area contributed by atoms with Gasteiger partial charge in [0.1, 0.15) is 0 Å². The van der Waals surface area contributed by atoms with Crippen molar-refractivity contribution >= 4 is 5.91 Å². The number of nitrogens with one attached hydrogen (secondary N) is 1. The summed E-state index contributed by atoms with van der Waals surface area (Å²) >= 11 is 0. The molecule has 3 heteroatoms. The minimum absolute atomic E-state index is 0.320. The van der Waals surface area contributed by atoms with E-state index in [0.29, 0.717) is 0 Å². The highest BCUT2D eigenvalue weighted by molar-refractivity contribution is 5.95. The van der Waals surface area contributed by atoms with Gasteiger partial charge in [-0.2, -0.15) is 0 Å². The molecule has 0 fully saturated rings. The molecule has 0 aliphatic heterocycles. The molecular formula is C25H28N2O. The van der Waals surface area contributed by atoms with Crippen molar-refractivity contribution in [3.8, 4) is 23.7 Å². The molecule has 2 rings (SSSR count). The van der Waals surface area contributed by atoms with Crippen LogP contribution in [0.25, 0.3) is 0 Å². The lowest BCUT2D eigenvalue weighted by atomic mass is 10.1. The first-order valence-corrected chi connectivity index (χ1v) is 9.71. The van der Waals surface area contributed by atoms with Gasteiger partial charge in [-0.1, -0.05) is 37.0 Å². The van der Waals surface area contributed by atoms with Gasteiger partial charge in [-0.15, -0.1) is 5.92 Å². The van der Waals surface area contributed by atoms with Crippen LogP contribution >= 0.6 is 0 Å². The SMILES string of the molecule is CC#CC1=CC=C(NC(=O)C#Cc2ccc(CCN(C)CCC)cc2)C=CC1. The molecule has 0 saturated heterocycles. The number of hydrogen-bond acceptors (Lipinski definition) is 2. The lowest BCUT2D eigenvalue weighted by Crippen LogP contribution is -2.21. The minimum atomic E-state index is -0.320. The Kier molecular flexibility index (Phi) is 8.86. The number of hydrogen-bond donors (Lipinski definition) is 1. The van der Waals surface area contributed by atoms with E-state index in [0.717, 1.165) is 42.8 Å². The summed E-state index contributed by atoms with van der Waals surface area (Å²) in [4.78, 5) is 14.4. The molecule has 144 valence electrons. The number of rotatable bonds is 6. The van der Waals surface area contributed by atoms with Crippen LogP contribution in [0.3, 0.4) is 0 Å². The molecule has 0 saturated carbocycles. The van der Waals surface area contributed by atoms with Crippen LogP contribution in [0.1, 0.15) is 37.8 Å². The first-order chi connectivity index (χ1) is 13.6. The fraction of sp³-hybridized carbons (Fsp3) is 0.320. The average molecular weight is 373 g/mol. The predicted octanol–water partition coefficient (Wildman–Crippen LogP) is 3.83. The van der Waals surface area contributed by atoms with Crippen molar-refractivity contribution in [3.63, 3.8) is 0 Å². The highest BCUT2D eigenvalue weighted by Crippen LogP contribution is 2.09. The van der Waals surface area contributed by atoms with E-state index < -0.39 is 0 Å². The summed E-state index contributed by atoms with van der Waals surface area (Å²) in [5.74, 6) is 11.2. The maximum absolute atomic E-state index is 12.1. The van der Waals surface area contributed by atoms with Gasteiger partial charge in [0.05, 0.1) is 0 Å². The van der Waals surface area contributed by atoms with Gasteiger partial charge in [-0.05, 0) is 75.7 Å². The van der Waals surface area contributed by atoms with E-state index in [2.05, 4.69) is 60.0 Å². The van der Waals surface area contributed by atoms with Crippen LogP contribution in [-0.4, -0.2) is 30.9 Å². The zero-order valence-corrected chi connectivity index (χ0v) is 17.0. The molecule has 0 radical (unpaired) electrons. The highest BCUT2D eigenvalue weighted by atomic mass is 16.1. The van der Waals surface area contributed by atoms with Crippen molar-refractivity contribution in [2.45, 2.75) is 33.1 Å². The maximum atomic E-state index is 12.1. The standard InChI is InChI=1S/C25H28N2O/c1-4-7-21-8-6-9-24(16-14-21)26-25(28)17-15-22-10-12-23(13-11-22)18-20-27(3)19-5-2/h6,9-14,16H,5,8,18-20H2,1-3H3,(H,26,28). The normalized spacial score (nSPS) is 12.7. The Bertz CT molecular complexity index is 880. The lowest BCUT2D eigenvalue weighted by Gasteiger charge is -2.14. The molecule has 1 aromatic carbocycles. The molecule has 0 atom stereocenters. The molecule has 1 N–H and O–H groups in total. The van der Waals surface area contributed by atoms with Crippen LogP contribution in [0.4, 0.5) is 0 Å². The van der Waals surface area contributed by atoms with Gasteiger partial charge in [0, 0.05) is 29.3 Å². The number of carbonyl (C=O) groups is 1. The third kappa shape index (κ3) is 7.70. The predicted molar refractivity (Wildman–Crippen MR) is 116 cm³/mol. The molecule has 0 heterocycles. The zero-order chi connectivity index (χ0) is 20.2. The quantitative estimate of drug-likeness (QED) is 0.770. The Labute approximate surface area is 169 Å². The van der Waals surface area contributed by atoms with Crippen molar-refractivity contribution in [2.24, 2.45) is 0 Å². The van der Waals surface area contributed by atoms with Crippen LogP contribution in [0.2, 0.25) is 0 Å². The van der Waals surface area contributed by atoms with Crippen molar-refractivity contribution in [3.05, 3.63) is 71.0 Å². The van der Waals surface area contributed by atoms with Gasteiger partial charge in [0.2, 0.25) is 0 Å². The molecule has 1 aliphatic rings. The van der Waals surface area contributed by atoms with E-state index in [1.165, 1.54) is 12.0 Å². The van der Waals surface area contributed by atoms with Crippen molar-refractivity contribution < 1.29 is 4.79 Å². The molecule has 0 aromatic heterocycles. The molecule has 1 amide bonds. The lowest BCUT2D eigenvalue weighted by molar-refractivity contribution is -0.114. The van der Waals surface area contributed by atoms with Crippen molar-refractivity contribution in [1.82, 2.24) is 10.2 Å². The number of carbonyl (C=O) groups excluding carboxylic acids is 1. The highest BCUT2D eigenvalue weighted by Gasteiger charge is 2.02. The van der Waals surface area contributed by atoms with Crippen LogP contribution in [0, 0.1) is 23.7 Å². The number of amides is 1. The number of likely N-dealkylation sites (N-methyl/N-ethyl adjacent to an activating group) is 1. The summed E-state index contributed by atoms with van der Waals surface area (Å²) in [7, 11) is 2.15. The van der Waals surface area contributed by atoms with Crippen LogP contribution in [0.5, 0.6) is 0 Å². The van der Waals surface area contributed by atoms with Crippen LogP contribution in [-0.2, 0) is 11.2 Å². The smallest absolute Gasteiger partial charge is 0.300 e. The molecule has 1 aromatic rings. The van der Waals surface area contributed by atoms with Gasteiger partial charge in [0.15, 0.2) is 0 Å². The molecule has 0 bridgehead atoms. The summed E-state index contributed by atoms with van der Waals surface area (Å²) in [6, 6.07) is 8.11. The van der Waals surface area contributed by atoms with E-state index >= 15 is 0 Å². The largest absolute Gasteiger partial charge is 0.315 e. The van der Waals surface area contributed by atoms with Gasteiger partial charge < -0.3 is 10.2 Å². The second-order valence-electron chi connectivity index (χ2n) is 6.75. The zero-order valence-electron chi connectivity index (χ0n) is 17.0. The molecule has 1 aliphatic carbocycles. The molecule has 0 unspecified atom stereocenters. The van der Waals surface area contributed by atoms with E-state index in [-0.39, 0.29) is 5.91 Å². The Balaban J connectivity index is 1.90. The summed E-state index contributed by atoms with van der Waals surface area (Å²) in [6.07, 6.45) is 10.6. The Morgan fingerprint density at radius 2 is 1.93 bits per heavy atom. The van der Waals surface area contributed by atoms with Gasteiger partial charge >= 0.3 is 5.91 Å². The Morgan fingerprint density at radius 3 is 2.64 bits per heavy atom. The molecule has 28 heavy (non-hydrogen) atoms. The Hall–Kier alpha value is -3.01. The molecule has 0 spiro atoms. The second kappa shape index (κ2) is 11.7. The minimum Gasteiger partial charge on any atom is -0.315 e. The second-order valence-corrected chi connectivity index (χ2v) is 6.75. The summed E-state index contributed by atoms with van der Waals surface area (Å²) < 4.78 is 0. The number of nitrogens with zero attached hydrogens (tertiary/aromatic N) is 1. The number of allylic oxidation sites excluding steroid dienone is 5. The van der Waals surface area contributed by atoms with Gasteiger partial charge in [-0.25, -0.2) is 0 Å². The average Bonchev–Trinajstić information content (AvgIpc) is 2.91. The molecular weight excluding hydrogens is 344 g/mol. The van der Waals surface area contributed by atoms with E-state index in [4.69, 9.17) is 0 Å². The monoisotopic (exact) mass is 372 g/mol. The van der Waals surface area contributed by atoms with Crippen molar-refractivity contribution in [1.29, 1.82) is 0 Å².